The molecule has 2 aliphatic heterocycles. The summed E-state index contributed by atoms with van der Waals surface area (Å²) in [5, 5.41) is 5.72. The van der Waals surface area contributed by atoms with Gasteiger partial charge in [-0.25, -0.2) is 19.6 Å². The van der Waals surface area contributed by atoms with E-state index in [1.165, 1.54) is 40.7 Å². The number of rotatable bonds is 13. The van der Waals surface area contributed by atoms with Crippen LogP contribution in [0.15, 0.2) is 121 Å². The second-order valence-corrected chi connectivity index (χ2v) is 24.2. The van der Waals surface area contributed by atoms with Gasteiger partial charge >= 0.3 is 12.2 Å². The Kier molecular flexibility index (Phi) is 13.6. The highest BCUT2D eigenvalue weighted by Gasteiger charge is 2.47. The third-order valence-electron chi connectivity index (χ3n) is 16.5. The molecule has 2 aromatic heterocycles. The first-order chi connectivity index (χ1) is 36.9. The first kappa shape index (κ1) is 51.4. The van der Waals surface area contributed by atoms with Crippen molar-refractivity contribution in [2.24, 2.45) is 28.6 Å². The largest absolute Gasteiger partial charge is 0.413 e. The van der Waals surface area contributed by atoms with Crippen LogP contribution in [0.3, 0.4) is 0 Å². The van der Waals surface area contributed by atoms with Gasteiger partial charge < -0.3 is 39.9 Å². The van der Waals surface area contributed by atoms with Crippen molar-refractivity contribution >= 4 is 35.0 Å². The van der Waals surface area contributed by atoms with Crippen molar-refractivity contribution < 1.29 is 28.7 Å². The maximum Gasteiger partial charge on any atom is 0.413 e. The quantitative estimate of drug-likeness (QED) is 0.0883. The van der Waals surface area contributed by atoms with Crippen LogP contribution in [0, 0.1) is 28.6 Å². The van der Waals surface area contributed by atoms with Gasteiger partial charge in [-0.3, -0.25) is 9.59 Å². The Morgan fingerprint density at radius 3 is 1.70 bits per heavy atom. The molecule has 5 aromatic carbocycles. The average molecular weight is 1040 g/mol. The highest BCUT2D eigenvalue weighted by molar-refractivity contribution is 5.89. The third-order valence-corrected chi connectivity index (χ3v) is 16.5. The second kappa shape index (κ2) is 20.3. The molecule has 4 N–H and O–H groups in total. The molecule has 14 nitrogen and oxygen atoms in total. The first-order valence-corrected chi connectivity index (χ1v) is 27.4. The number of benzene rings is 5. The van der Waals surface area contributed by atoms with Crippen LogP contribution < -0.4 is 20.1 Å². The van der Waals surface area contributed by atoms with E-state index in [1.807, 2.05) is 55.8 Å². The summed E-state index contributed by atoms with van der Waals surface area (Å²) in [4.78, 5) is 75.8. The summed E-state index contributed by atoms with van der Waals surface area (Å²) in [6, 6.07) is 35.4. The van der Waals surface area contributed by atoms with Crippen LogP contribution >= 0.6 is 0 Å². The molecule has 0 spiro atoms. The van der Waals surface area contributed by atoms with Crippen molar-refractivity contribution in [2.45, 2.75) is 118 Å². The minimum Gasteiger partial charge on any atom is -0.410 e. The molecule has 4 amide bonds. The number of H-pyrrole nitrogens is 2. The van der Waals surface area contributed by atoms with Crippen LogP contribution in [0.1, 0.15) is 122 Å². The molecule has 7 aromatic rings. The molecule has 0 radical (unpaired) electrons. The normalized spacial score (nSPS) is 20.9. The van der Waals surface area contributed by atoms with Crippen LogP contribution in [-0.2, 0) is 16.0 Å². The van der Waals surface area contributed by atoms with E-state index in [-0.39, 0.29) is 46.6 Å². The Morgan fingerprint density at radius 2 is 1.16 bits per heavy atom. The highest BCUT2D eigenvalue weighted by Crippen LogP contribution is 2.56. The summed E-state index contributed by atoms with van der Waals surface area (Å²) in [6.07, 6.45) is 5.44. The number of nitrogens with one attached hydrogen (secondary N) is 4. The maximum absolute atomic E-state index is 14.5. The minimum atomic E-state index is -0.780. The fraction of sp³-hybridized carbons (Fsp3) is 0.397. The molecule has 2 aliphatic carbocycles. The van der Waals surface area contributed by atoms with Gasteiger partial charge in [0.25, 0.3) is 0 Å². The third kappa shape index (κ3) is 10.3. The van der Waals surface area contributed by atoms with Crippen LogP contribution in [0.2, 0.25) is 0 Å². The summed E-state index contributed by atoms with van der Waals surface area (Å²) in [7, 11) is 0. The monoisotopic (exact) mass is 1030 g/mol. The van der Waals surface area contributed by atoms with Gasteiger partial charge in [0.2, 0.25) is 11.8 Å². The second-order valence-electron chi connectivity index (χ2n) is 24.2. The SMILES string of the molecule is CC(C)C(NC(=O)Oc1ccccc1)C(=O)N1CC(C)(C)CC1c1ncc(-c2ccc(-c3ccc(-c4ccc5nc(C6CC(C)(C)CN6C(=O)C(NC(=O)Oc6ccccc6)C(C)C)[nH]c5c4)c4c3C3CCC3C4)cc2)[nH]1. The molecular formula is C63H70N8O6. The van der Waals surface area contributed by atoms with Crippen molar-refractivity contribution in [2.75, 3.05) is 13.1 Å². The van der Waals surface area contributed by atoms with Crippen molar-refractivity contribution in [3.05, 3.63) is 144 Å². The number of aromatic nitrogens is 4. The fourth-order valence-electron chi connectivity index (χ4n) is 12.5. The topological polar surface area (TPSA) is 175 Å². The number of hydrogen-bond donors (Lipinski definition) is 4. The van der Waals surface area contributed by atoms with Crippen LogP contribution in [0.25, 0.3) is 44.5 Å². The van der Waals surface area contributed by atoms with Gasteiger partial charge in [0.05, 0.1) is 35.0 Å². The maximum atomic E-state index is 14.5. The summed E-state index contributed by atoms with van der Waals surface area (Å²) in [5.74, 6) is 2.78. The van der Waals surface area contributed by atoms with Crippen molar-refractivity contribution in [3.8, 4) is 45.0 Å². The van der Waals surface area contributed by atoms with E-state index in [0.29, 0.717) is 36.4 Å². The number of hydrogen-bond acceptors (Lipinski definition) is 8. The van der Waals surface area contributed by atoms with E-state index in [0.717, 1.165) is 58.8 Å². The zero-order valence-electron chi connectivity index (χ0n) is 45.4. The predicted octanol–water partition coefficient (Wildman–Crippen LogP) is 12.6. The molecule has 2 saturated heterocycles. The van der Waals surface area contributed by atoms with E-state index >= 15 is 0 Å². The first-order valence-electron chi connectivity index (χ1n) is 27.4. The number of nitrogens with zero attached hydrogens (tertiary/aromatic N) is 4. The lowest BCUT2D eigenvalue weighted by atomic mass is 9.73. The van der Waals surface area contributed by atoms with E-state index < -0.39 is 24.3 Å². The number of fused-ring (bicyclic) bond motifs is 4. The fourth-order valence-corrected chi connectivity index (χ4v) is 12.5. The molecule has 6 unspecified atom stereocenters. The van der Waals surface area contributed by atoms with E-state index in [2.05, 4.69) is 103 Å². The van der Waals surface area contributed by atoms with Crippen LogP contribution in [-0.4, -0.2) is 78.9 Å². The smallest absolute Gasteiger partial charge is 0.410 e. The summed E-state index contributed by atoms with van der Waals surface area (Å²) >= 11 is 0. The molecule has 3 fully saturated rings. The lowest BCUT2D eigenvalue weighted by molar-refractivity contribution is -0.136. The number of para-hydroxylation sites is 2. The molecule has 14 heteroatoms. The lowest BCUT2D eigenvalue weighted by Crippen LogP contribution is -2.52. The Hall–Kier alpha value is -7.74. The number of ether oxygens (including phenoxy) is 2. The lowest BCUT2D eigenvalue weighted by Gasteiger charge is -2.31. The molecule has 77 heavy (non-hydrogen) atoms. The number of imidazole rings is 2. The van der Waals surface area contributed by atoms with E-state index in [1.54, 1.807) is 48.5 Å². The molecule has 1 saturated carbocycles. The Balaban J connectivity index is 0.813. The standard InChI is InChI=1S/C63H70N8O6/c1-36(2)54(68-60(74)76-42-15-11-9-12-16-42)58(72)70-34-62(5,6)31-51(70)56-64-33-50(67-56)39-21-19-38(20-22-39)45-27-26-44(47-29-40-23-25-46(40)53(45)47)41-24-28-48-49(30-41)66-57(65-48)52-32-63(7,8)35-71(52)59(73)55(37(3)4)69-61(75)77-43-17-13-10-14-18-43/h9-22,24,26-28,30,33,36-37,40,46,51-52,54-55H,23,25,29,31-32,34-35H2,1-8H3,(H,64,67)(H,65,66)(H,68,74)(H,69,75). The van der Waals surface area contributed by atoms with Gasteiger partial charge in [-0.2, -0.15) is 0 Å². The summed E-state index contributed by atoms with van der Waals surface area (Å²) in [6.45, 7) is 17.5. The van der Waals surface area contributed by atoms with Gasteiger partial charge in [-0.05, 0) is 142 Å². The van der Waals surface area contributed by atoms with Gasteiger partial charge in [-0.1, -0.05) is 134 Å². The Labute approximate surface area is 450 Å². The molecule has 0 bridgehead atoms. The highest BCUT2D eigenvalue weighted by atomic mass is 16.6. The zero-order valence-corrected chi connectivity index (χ0v) is 45.4. The van der Waals surface area contributed by atoms with E-state index in [9.17, 15) is 19.2 Å². The molecular weight excluding hydrogens is 965 g/mol. The van der Waals surface area contributed by atoms with Crippen LogP contribution in [0.4, 0.5) is 9.59 Å². The molecule has 4 heterocycles. The van der Waals surface area contributed by atoms with Gasteiger partial charge in [0.15, 0.2) is 0 Å². The molecule has 398 valence electrons. The Bertz CT molecular complexity index is 3340. The predicted molar refractivity (Wildman–Crippen MR) is 298 cm³/mol. The number of aromatic amines is 2. The number of carbonyl (C=O) groups excluding carboxylic acids is 4. The minimum absolute atomic E-state index is 0.154. The zero-order chi connectivity index (χ0) is 53.9. The summed E-state index contributed by atoms with van der Waals surface area (Å²) in [5.41, 5.74) is 11.0. The van der Waals surface area contributed by atoms with Gasteiger partial charge in [-0.15, -0.1) is 0 Å². The molecule has 4 aliphatic rings. The van der Waals surface area contributed by atoms with Crippen molar-refractivity contribution in [1.29, 1.82) is 0 Å². The number of carbonyl (C=O) groups is 4. The number of amides is 4. The van der Waals surface area contributed by atoms with E-state index in [4.69, 9.17) is 19.4 Å². The summed E-state index contributed by atoms with van der Waals surface area (Å²) < 4.78 is 11.0. The molecule has 6 atom stereocenters. The van der Waals surface area contributed by atoms with Crippen molar-refractivity contribution in [3.63, 3.8) is 0 Å². The molecule has 11 rings (SSSR count). The van der Waals surface area contributed by atoms with Gasteiger partial charge in [0.1, 0.15) is 35.2 Å². The Morgan fingerprint density at radius 1 is 0.623 bits per heavy atom. The van der Waals surface area contributed by atoms with Gasteiger partial charge in [0, 0.05) is 13.1 Å². The van der Waals surface area contributed by atoms with Crippen LogP contribution in [0.5, 0.6) is 11.5 Å². The van der Waals surface area contributed by atoms with Crippen molar-refractivity contribution in [1.82, 2.24) is 40.4 Å². The average Bonchev–Trinajstić information content (AvgIpc) is 4.28. The number of likely N-dealkylation sites (tertiary alicyclic amines) is 2.